The molecule has 0 spiro atoms. The second-order valence-corrected chi connectivity index (χ2v) is 5.47. The van der Waals surface area contributed by atoms with Crippen LogP contribution in [-0.2, 0) is 4.79 Å². The van der Waals surface area contributed by atoms with E-state index >= 15 is 0 Å². The zero-order valence-corrected chi connectivity index (χ0v) is 12.7. The van der Waals surface area contributed by atoms with Gasteiger partial charge in [-0.05, 0) is 31.3 Å². The Kier molecular flexibility index (Phi) is 11.6. The number of amides is 2. The molecule has 3 N–H and O–H groups in total. The summed E-state index contributed by atoms with van der Waals surface area (Å²) in [5.74, 6) is -0.171. The maximum Gasteiger partial charge on any atom is 0.314 e. The Morgan fingerprint density at radius 1 is 1.16 bits per heavy atom. The predicted octanol–water partition coefficient (Wildman–Crippen LogP) is 2.32. The zero-order valence-electron chi connectivity index (χ0n) is 11.9. The van der Waals surface area contributed by atoms with E-state index in [1.165, 1.54) is 18.6 Å². The van der Waals surface area contributed by atoms with Crippen molar-refractivity contribution < 1.29 is 14.7 Å². The van der Waals surface area contributed by atoms with Crippen molar-refractivity contribution in [3.63, 3.8) is 0 Å². The first-order valence-electron chi connectivity index (χ1n) is 6.85. The minimum absolute atomic E-state index is 0.186. The monoisotopic (exact) mass is 290 g/mol. The molecule has 112 valence electrons. The van der Waals surface area contributed by atoms with E-state index in [2.05, 4.69) is 16.9 Å². The number of rotatable bonds is 11. The van der Waals surface area contributed by atoms with E-state index in [4.69, 9.17) is 5.11 Å². The molecule has 0 fully saturated rings. The molecule has 0 aromatic heterocycles. The standard InChI is InChI=1S/C13H26N2O3S/c1-3-11(12(16)17)10-15-13(18)14-8-6-4-5-7-9-19-2/h11H,3-10H2,1-2H3,(H,16,17)(H2,14,15,18). The summed E-state index contributed by atoms with van der Waals surface area (Å²) in [4.78, 5) is 22.2. The fourth-order valence-electron chi connectivity index (χ4n) is 1.61. The topological polar surface area (TPSA) is 78.4 Å². The molecular weight excluding hydrogens is 264 g/mol. The first-order valence-corrected chi connectivity index (χ1v) is 8.24. The van der Waals surface area contributed by atoms with Crippen LogP contribution in [0.15, 0.2) is 0 Å². The normalized spacial score (nSPS) is 11.9. The lowest BCUT2D eigenvalue weighted by Crippen LogP contribution is -2.40. The van der Waals surface area contributed by atoms with E-state index in [0.717, 1.165) is 12.8 Å². The lowest BCUT2D eigenvalue weighted by atomic mass is 10.1. The third-order valence-corrected chi connectivity index (χ3v) is 3.61. The molecule has 1 unspecified atom stereocenters. The number of aliphatic carboxylic acids is 1. The van der Waals surface area contributed by atoms with Gasteiger partial charge in [0.1, 0.15) is 0 Å². The molecular formula is C13H26N2O3S. The summed E-state index contributed by atoms with van der Waals surface area (Å²) in [7, 11) is 0. The molecule has 1 atom stereocenters. The minimum Gasteiger partial charge on any atom is -0.481 e. The Labute approximate surface area is 119 Å². The van der Waals surface area contributed by atoms with Gasteiger partial charge >= 0.3 is 12.0 Å². The highest BCUT2D eigenvalue weighted by Crippen LogP contribution is 2.04. The summed E-state index contributed by atoms with van der Waals surface area (Å²) in [5.41, 5.74) is 0. The van der Waals surface area contributed by atoms with Crippen molar-refractivity contribution in [3.8, 4) is 0 Å². The number of carbonyl (C=O) groups is 2. The van der Waals surface area contributed by atoms with Crippen LogP contribution in [0.2, 0.25) is 0 Å². The molecule has 0 heterocycles. The Morgan fingerprint density at radius 2 is 1.84 bits per heavy atom. The van der Waals surface area contributed by atoms with Gasteiger partial charge < -0.3 is 15.7 Å². The Bertz CT molecular complexity index is 262. The van der Waals surface area contributed by atoms with Gasteiger partial charge in [0.15, 0.2) is 0 Å². The van der Waals surface area contributed by atoms with Crippen LogP contribution in [0.3, 0.4) is 0 Å². The van der Waals surface area contributed by atoms with Crippen LogP contribution < -0.4 is 10.6 Å². The van der Waals surface area contributed by atoms with Crippen LogP contribution in [0.1, 0.15) is 39.0 Å². The molecule has 6 heteroatoms. The van der Waals surface area contributed by atoms with Gasteiger partial charge in [0, 0.05) is 13.1 Å². The van der Waals surface area contributed by atoms with Crippen molar-refractivity contribution in [1.29, 1.82) is 0 Å². The third-order valence-electron chi connectivity index (χ3n) is 2.91. The van der Waals surface area contributed by atoms with Crippen LogP contribution in [-0.4, -0.2) is 42.2 Å². The maximum absolute atomic E-state index is 11.4. The van der Waals surface area contributed by atoms with E-state index in [9.17, 15) is 9.59 Å². The number of carboxylic acid groups (broad SMARTS) is 1. The Morgan fingerprint density at radius 3 is 2.42 bits per heavy atom. The lowest BCUT2D eigenvalue weighted by molar-refractivity contribution is -0.141. The fourth-order valence-corrected chi connectivity index (χ4v) is 2.10. The van der Waals surface area contributed by atoms with E-state index in [0.29, 0.717) is 13.0 Å². The molecule has 2 amide bonds. The second kappa shape index (κ2) is 12.1. The van der Waals surface area contributed by atoms with Gasteiger partial charge in [-0.3, -0.25) is 4.79 Å². The van der Waals surface area contributed by atoms with Crippen molar-refractivity contribution in [2.24, 2.45) is 5.92 Å². The Balaban J connectivity index is 3.46. The van der Waals surface area contributed by atoms with Crippen LogP contribution in [0.5, 0.6) is 0 Å². The number of hydrogen-bond acceptors (Lipinski definition) is 3. The number of urea groups is 1. The van der Waals surface area contributed by atoms with Crippen LogP contribution >= 0.6 is 11.8 Å². The zero-order chi connectivity index (χ0) is 14.5. The van der Waals surface area contributed by atoms with Crippen LogP contribution in [0, 0.1) is 5.92 Å². The van der Waals surface area contributed by atoms with E-state index in [-0.39, 0.29) is 12.6 Å². The molecule has 0 radical (unpaired) electrons. The van der Waals surface area contributed by atoms with Crippen molar-refractivity contribution in [2.45, 2.75) is 39.0 Å². The summed E-state index contributed by atoms with van der Waals surface area (Å²) < 4.78 is 0. The summed E-state index contributed by atoms with van der Waals surface area (Å²) in [6.07, 6.45) is 7.13. The Hall–Kier alpha value is -0.910. The summed E-state index contributed by atoms with van der Waals surface area (Å²) in [5, 5.41) is 14.2. The van der Waals surface area contributed by atoms with Gasteiger partial charge in [-0.25, -0.2) is 4.79 Å². The van der Waals surface area contributed by atoms with Crippen molar-refractivity contribution in [1.82, 2.24) is 10.6 Å². The highest BCUT2D eigenvalue weighted by atomic mass is 32.2. The molecule has 0 aromatic carbocycles. The average Bonchev–Trinajstić information content (AvgIpc) is 2.38. The number of nitrogens with one attached hydrogen (secondary N) is 2. The number of hydrogen-bond donors (Lipinski definition) is 3. The largest absolute Gasteiger partial charge is 0.481 e. The van der Waals surface area contributed by atoms with Gasteiger partial charge in [-0.2, -0.15) is 11.8 Å². The van der Waals surface area contributed by atoms with E-state index < -0.39 is 11.9 Å². The van der Waals surface area contributed by atoms with Gasteiger partial charge in [-0.1, -0.05) is 19.8 Å². The SMILES string of the molecule is CCC(CNC(=O)NCCCCCCSC)C(=O)O. The molecule has 0 bridgehead atoms. The van der Waals surface area contributed by atoms with Gasteiger partial charge in [-0.15, -0.1) is 0 Å². The lowest BCUT2D eigenvalue weighted by Gasteiger charge is -2.11. The molecule has 5 nitrogen and oxygen atoms in total. The molecule has 0 rings (SSSR count). The summed E-state index contributed by atoms with van der Waals surface area (Å²) in [6, 6.07) is -0.274. The van der Waals surface area contributed by atoms with Crippen LogP contribution in [0.4, 0.5) is 4.79 Å². The smallest absolute Gasteiger partial charge is 0.314 e. The molecule has 0 aliphatic heterocycles. The van der Waals surface area contributed by atoms with Gasteiger partial charge in [0.05, 0.1) is 5.92 Å². The summed E-state index contributed by atoms with van der Waals surface area (Å²) in [6.45, 7) is 2.63. The maximum atomic E-state index is 11.4. The molecule has 0 aliphatic rings. The number of carboxylic acids is 1. The van der Waals surface area contributed by atoms with Crippen molar-refractivity contribution in [2.75, 3.05) is 25.1 Å². The molecule has 0 aromatic rings. The van der Waals surface area contributed by atoms with E-state index in [1.54, 1.807) is 6.92 Å². The van der Waals surface area contributed by atoms with Crippen LogP contribution in [0.25, 0.3) is 0 Å². The van der Waals surface area contributed by atoms with Crippen molar-refractivity contribution >= 4 is 23.8 Å². The molecule has 0 saturated carbocycles. The first-order chi connectivity index (χ1) is 9.11. The molecule has 19 heavy (non-hydrogen) atoms. The number of unbranched alkanes of at least 4 members (excludes halogenated alkanes) is 3. The number of thioether (sulfide) groups is 1. The quantitative estimate of drug-likeness (QED) is 0.510. The first kappa shape index (κ1) is 18.1. The fraction of sp³-hybridized carbons (Fsp3) is 0.846. The van der Waals surface area contributed by atoms with E-state index in [1.807, 2.05) is 11.8 Å². The van der Waals surface area contributed by atoms with Gasteiger partial charge in [0.2, 0.25) is 0 Å². The average molecular weight is 290 g/mol. The minimum atomic E-state index is -0.864. The van der Waals surface area contributed by atoms with Gasteiger partial charge in [0.25, 0.3) is 0 Å². The predicted molar refractivity (Wildman–Crippen MR) is 79.7 cm³/mol. The number of carbonyl (C=O) groups excluding carboxylic acids is 1. The third kappa shape index (κ3) is 10.7. The highest BCUT2D eigenvalue weighted by Gasteiger charge is 2.15. The molecule has 0 saturated heterocycles. The van der Waals surface area contributed by atoms with Crippen molar-refractivity contribution in [3.05, 3.63) is 0 Å². The highest BCUT2D eigenvalue weighted by molar-refractivity contribution is 7.98. The summed E-state index contributed by atoms with van der Waals surface area (Å²) >= 11 is 1.86. The molecule has 0 aliphatic carbocycles. The second-order valence-electron chi connectivity index (χ2n) is 4.49.